The van der Waals surface area contributed by atoms with Gasteiger partial charge in [0.1, 0.15) is 11.5 Å². The van der Waals surface area contributed by atoms with E-state index in [4.69, 9.17) is 9.47 Å². The molecule has 3 heteroatoms. The van der Waals surface area contributed by atoms with Gasteiger partial charge < -0.3 is 14.8 Å². The van der Waals surface area contributed by atoms with E-state index < -0.39 is 0 Å². The van der Waals surface area contributed by atoms with Gasteiger partial charge in [-0.25, -0.2) is 0 Å². The van der Waals surface area contributed by atoms with E-state index >= 15 is 0 Å². The molecular weight excluding hydrogens is 250 g/mol. The molecule has 0 aliphatic heterocycles. The molecule has 0 radical (unpaired) electrons. The number of hydrogen-bond acceptors (Lipinski definition) is 3. The fourth-order valence-corrected chi connectivity index (χ4v) is 3.03. The van der Waals surface area contributed by atoms with Gasteiger partial charge in [0.15, 0.2) is 0 Å². The number of rotatable bonds is 6. The lowest BCUT2D eigenvalue weighted by Gasteiger charge is -2.28. The van der Waals surface area contributed by atoms with E-state index in [1.165, 1.54) is 37.7 Å². The van der Waals surface area contributed by atoms with Crippen molar-refractivity contribution in [3.63, 3.8) is 0 Å². The zero-order chi connectivity index (χ0) is 14.4. The average Bonchev–Trinajstić information content (AvgIpc) is 2.53. The van der Waals surface area contributed by atoms with Gasteiger partial charge >= 0.3 is 0 Å². The van der Waals surface area contributed by atoms with Crippen LogP contribution in [0.4, 0.5) is 0 Å². The van der Waals surface area contributed by atoms with Gasteiger partial charge in [-0.1, -0.05) is 19.4 Å². The van der Waals surface area contributed by atoms with Crippen molar-refractivity contribution in [3.05, 3.63) is 23.8 Å². The number of ether oxygens (including phenoxy) is 2. The smallest absolute Gasteiger partial charge is 0.127 e. The topological polar surface area (TPSA) is 30.5 Å². The summed E-state index contributed by atoms with van der Waals surface area (Å²) in [4.78, 5) is 0. The van der Waals surface area contributed by atoms with E-state index in [1.54, 1.807) is 14.2 Å². The summed E-state index contributed by atoms with van der Waals surface area (Å²) >= 11 is 0. The van der Waals surface area contributed by atoms with Crippen LogP contribution in [0.1, 0.15) is 44.6 Å². The first kappa shape index (κ1) is 15.2. The van der Waals surface area contributed by atoms with Crippen LogP contribution in [-0.4, -0.2) is 20.3 Å². The van der Waals surface area contributed by atoms with Gasteiger partial charge in [-0.15, -0.1) is 0 Å². The minimum atomic E-state index is 0.657. The van der Waals surface area contributed by atoms with Crippen LogP contribution in [0.5, 0.6) is 11.5 Å². The van der Waals surface area contributed by atoms with E-state index in [0.29, 0.717) is 6.04 Å². The lowest BCUT2D eigenvalue weighted by atomic mass is 9.84. The summed E-state index contributed by atoms with van der Waals surface area (Å²) in [5, 5.41) is 3.67. The summed E-state index contributed by atoms with van der Waals surface area (Å²) in [6.45, 7) is 3.18. The summed E-state index contributed by atoms with van der Waals surface area (Å²) < 4.78 is 10.7. The van der Waals surface area contributed by atoms with Crippen LogP contribution in [0.25, 0.3) is 0 Å². The van der Waals surface area contributed by atoms with Gasteiger partial charge in [0.05, 0.1) is 14.2 Å². The van der Waals surface area contributed by atoms with E-state index in [-0.39, 0.29) is 0 Å². The van der Waals surface area contributed by atoms with Crippen molar-refractivity contribution in [2.24, 2.45) is 5.92 Å². The summed E-state index contributed by atoms with van der Waals surface area (Å²) in [6, 6.07) is 6.69. The van der Waals surface area contributed by atoms with Crippen molar-refractivity contribution >= 4 is 0 Å². The summed E-state index contributed by atoms with van der Waals surface area (Å²) in [5.41, 5.74) is 1.20. The van der Waals surface area contributed by atoms with Crippen LogP contribution >= 0.6 is 0 Å². The summed E-state index contributed by atoms with van der Waals surface area (Å²) in [7, 11) is 3.39. The van der Waals surface area contributed by atoms with Gasteiger partial charge in [-0.2, -0.15) is 0 Å². The molecule has 3 nitrogen and oxygen atoms in total. The Bertz CT molecular complexity index is 411. The van der Waals surface area contributed by atoms with Crippen molar-refractivity contribution in [2.45, 2.75) is 51.6 Å². The quantitative estimate of drug-likeness (QED) is 0.858. The van der Waals surface area contributed by atoms with Crippen LogP contribution in [0.3, 0.4) is 0 Å². The normalized spacial score (nSPS) is 22.6. The summed E-state index contributed by atoms with van der Waals surface area (Å²) in [6.07, 6.45) is 6.68. The number of hydrogen-bond donors (Lipinski definition) is 1. The Morgan fingerprint density at radius 2 is 1.85 bits per heavy atom. The fraction of sp³-hybridized carbons (Fsp3) is 0.647. The zero-order valence-corrected chi connectivity index (χ0v) is 12.9. The maximum Gasteiger partial charge on any atom is 0.127 e. The Hall–Kier alpha value is -1.22. The first-order valence-corrected chi connectivity index (χ1v) is 7.71. The highest BCUT2D eigenvalue weighted by atomic mass is 16.5. The van der Waals surface area contributed by atoms with E-state index in [1.807, 2.05) is 12.1 Å². The Morgan fingerprint density at radius 1 is 1.10 bits per heavy atom. The monoisotopic (exact) mass is 277 g/mol. The third kappa shape index (κ3) is 3.89. The second-order valence-corrected chi connectivity index (χ2v) is 5.68. The molecule has 20 heavy (non-hydrogen) atoms. The maximum atomic E-state index is 5.44. The van der Waals surface area contributed by atoms with Crippen molar-refractivity contribution in [2.75, 3.05) is 14.2 Å². The van der Waals surface area contributed by atoms with Crippen LogP contribution in [0.15, 0.2) is 18.2 Å². The van der Waals surface area contributed by atoms with E-state index in [9.17, 15) is 0 Å². The Kier molecular flexibility index (Phi) is 5.72. The molecule has 0 saturated heterocycles. The molecule has 1 N–H and O–H groups in total. The molecule has 0 spiro atoms. The molecule has 0 atom stereocenters. The average molecular weight is 277 g/mol. The molecule has 1 aromatic carbocycles. The first-order valence-electron chi connectivity index (χ1n) is 7.71. The molecule has 0 heterocycles. The summed E-state index contributed by atoms with van der Waals surface area (Å²) in [5.74, 6) is 2.69. The van der Waals surface area contributed by atoms with Gasteiger partial charge in [-0.3, -0.25) is 0 Å². The van der Waals surface area contributed by atoms with E-state index in [2.05, 4.69) is 18.3 Å². The Balaban J connectivity index is 1.88. The first-order chi connectivity index (χ1) is 9.76. The fourth-order valence-electron chi connectivity index (χ4n) is 3.03. The SMILES string of the molecule is CCC1CCC(NCc2ccc(OC)cc2OC)CC1. The standard InChI is InChI=1S/C17H27NO2/c1-4-13-5-8-15(9-6-13)18-12-14-7-10-16(19-2)11-17(14)20-3/h7,10-11,13,15,18H,4-6,8-9,12H2,1-3H3. The zero-order valence-electron chi connectivity index (χ0n) is 12.9. The van der Waals surface area contributed by atoms with Crippen LogP contribution in [0.2, 0.25) is 0 Å². The lowest BCUT2D eigenvalue weighted by molar-refractivity contribution is 0.284. The molecule has 1 aliphatic carbocycles. The van der Waals surface area contributed by atoms with Crippen molar-refractivity contribution in [1.82, 2.24) is 5.32 Å². The predicted octanol–water partition coefficient (Wildman–Crippen LogP) is 3.76. The van der Waals surface area contributed by atoms with Crippen LogP contribution in [0, 0.1) is 5.92 Å². The molecule has 0 bridgehead atoms. The number of nitrogens with one attached hydrogen (secondary N) is 1. The number of methoxy groups -OCH3 is 2. The molecule has 1 aromatic rings. The molecule has 0 aromatic heterocycles. The molecule has 1 fully saturated rings. The van der Waals surface area contributed by atoms with E-state index in [0.717, 1.165) is 24.0 Å². The van der Waals surface area contributed by atoms with Gasteiger partial charge in [-0.05, 0) is 37.7 Å². The third-order valence-electron chi connectivity index (χ3n) is 4.50. The largest absolute Gasteiger partial charge is 0.497 e. The molecule has 0 unspecified atom stereocenters. The molecule has 112 valence electrons. The van der Waals surface area contributed by atoms with Crippen molar-refractivity contribution in [1.29, 1.82) is 0 Å². The maximum absolute atomic E-state index is 5.44. The molecular formula is C17H27NO2. The Morgan fingerprint density at radius 3 is 2.45 bits per heavy atom. The minimum Gasteiger partial charge on any atom is -0.497 e. The van der Waals surface area contributed by atoms with Gasteiger partial charge in [0.2, 0.25) is 0 Å². The lowest BCUT2D eigenvalue weighted by Crippen LogP contribution is -2.32. The molecule has 1 aliphatic rings. The highest BCUT2D eigenvalue weighted by Gasteiger charge is 2.19. The third-order valence-corrected chi connectivity index (χ3v) is 4.50. The van der Waals surface area contributed by atoms with Crippen molar-refractivity contribution in [3.8, 4) is 11.5 Å². The molecule has 2 rings (SSSR count). The predicted molar refractivity (Wildman–Crippen MR) is 82.4 cm³/mol. The minimum absolute atomic E-state index is 0.657. The number of benzene rings is 1. The van der Waals surface area contributed by atoms with Gasteiger partial charge in [0, 0.05) is 24.2 Å². The van der Waals surface area contributed by atoms with Crippen LogP contribution in [-0.2, 0) is 6.54 Å². The molecule has 1 saturated carbocycles. The second kappa shape index (κ2) is 7.53. The van der Waals surface area contributed by atoms with Crippen molar-refractivity contribution < 1.29 is 9.47 Å². The molecule has 0 amide bonds. The van der Waals surface area contributed by atoms with Crippen LogP contribution < -0.4 is 14.8 Å². The highest BCUT2D eigenvalue weighted by Crippen LogP contribution is 2.28. The second-order valence-electron chi connectivity index (χ2n) is 5.68. The van der Waals surface area contributed by atoms with Gasteiger partial charge in [0.25, 0.3) is 0 Å². The Labute approximate surface area is 122 Å². The highest BCUT2D eigenvalue weighted by molar-refractivity contribution is 5.40.